The molecule has 20 heavy (non-hydrogen) atoms. The van der Waals surface area contributed by atoms with Crippen molar-refractivity contribution in [1.82, 2.24) is 5.32 Å². The Morgan fingerprint density at radius 1 is 1.50 bits per heavy atom. The highest BCUT2D eigenvalue weighted by molar-refractivity contribution is 5.95. The molecule has 110 valence electrons. The van der Waals surface area contributed by atoms with Gasteiger partial charge in [0, 0.05) is 18.2 Å². The number of nitro groups is 1. The number of alkyl halides is 2. The summed E-state index contributed by atoms with van der Waals surface area (Å²) in [7, 11) is 0. The van der Waals surface area contributed by atoms with Crippen LogP contribution >= 0.6 is 0 Å². The lowest BCUT2D eigenvalue weighted by Crippen LogP contribution is -2.27. The average molecular weight is 290 g/mol. The zero-order valence-corrected chi connectivity index (χ0v) is 10.2. The fourth-order valence-electron chi connectivity index (χ4n) is 1.33. The Bertz CT molecular complexity index is 496. The Hall–Kier alpha value is -2.29. The normalized spacial score (nSPS) is 10.6. The summed E-state index contributed by atoms with van der Waals surface area (Å²) in [4.78, 5) is 21.3. The van der Waals surface area contributed by atoms with Gasteiger partial charge in [0.2, 0.25) is 0 Å². The Balaban J connectivity index is 2.48. The number of hydrogen-bond acceptors (Lipinski definition) is 5. The van der Waals surface area contributed by atoms with Crippen LogP contribution < -0.4 is 5.32 Å². The van der Waals surface area contributed by atoms with Crippen LogP contribution in [-0.2, 0) is 4.74 Å². The molecule has 0 heterocycles. The molecular formula is C11H12F2N2O5. The number of carbonyl (C=O) groups is 1. The van der Waals surface area contributed by atoms with Crippen LogP contribution in [0.25, 0.3) is 0 Å². The lowest BCUT2D eigenvalue weighted by Gasteiger charge is -2.06. The van der Waals surface area contributed by atoms with Gasteiger partial charge in [-0.05, 0) is 12.1 Å². The van der Waals surface area contributed by atoms with Crippen molar-refractivity contribution in [3.05, 3.63) is 33.9 Å². The summed E-state index contributed by atoms with van der Waals surface area (Å²) in [5.74, 6) is -1.23. The van der Waals surface area contributed by atoms with Crippen molar-refractivity contribution < 1.29 is 28.3 Å². The number of nitrogens with one attached hydrogen (secondary N) is 1. The maximum atomic E-state index is 11.7. The Morgan fingerprint density at radius 3 is 2.75 bits per heavy atom. The molecule has 0 unspecified atom stereocenters. The predicted octanol–water partition coefficient (Wildman–Crippen LogP) is 1.31. The first-order valence-corrected chi connectivity index (χ1v) is 5.53. The molecule has 0 atom stereocenters. The molecule has 0 saturated heterocycles. The number of phenols is 1. The Labute approximate surface area is 112 Å². The van der Waals surface area contributed by atoms with Crippen LogP contribution in [0.3, 0.4) is 0 Å². The fourth-order valence-corrected chi connectivity index (χ4v) is 1.33. The zero-order chi connectivity index (χ0) is 15.1. The van der Waals surface area contributed by atoms with Crippen LogP contribution in [0.2, 0.25) is 0 Å². The third-order valence-electron chi connectivity index (χ3n) is 2.21. The van der Waals surface area contributed by atoms with Crippen LogP contribution in [-0.4, -0.2) is 42.1 Å². The van der Waals surface area contributed by atoms with E-state index in [4.69, 9.17) is 0 Å². The molecule has 1 amide bonds. The molecule has 0 bridgehead atoms. The number of nitro benzene ring substituents is 1. The molecule has 1 aromatic carbocycles. The summed E-state index contributed by atoms with van der Waals surface area (Å²) in [6, 6.07) is 3.12. The number of phenolic OH excluding ortho intramolecular Hbond substituents is 1. The average Bonchev–Trinajstić information content (AvgIpc) is 2.37. The van der Waals surface area contributed by atoms with Crippen molar-refractivity contribution in [3.63, 3.8) is 0 Å². The molecular weight excluding hydrogens is 278 g/mol. The van der Waals surface area contributed by atoms with Crippen molar-refractivity contribution in [1.29, 1.82) is 0 Å². The first-order chi connectivity index (χ1) is 9.41. The van der Waals surface area contributed by atoms with E-state index in [9.17, 15) is 28.8 Å². The molecule has 0 aromatic heterocycles. The van der Waals surface area contributed by atoms with E-state index in [1.165, 1.54) is 6.07 Å². The number of aromatic hydroxyl groups is 1. The second kappa shape index (κ2) is 7.34. The summed E-state index contributed by atoms with van der Waals surface area (Å²) in [6.45, 7) is -0.799. The third kappa shape index (κ3) is 4.76. The quantitative estimate of drug-likeness (QED) is 0.448. The molecule has 0 aliphatic rings. The molecule has 0 aliphatic heterocycles. The van der Waals surface area contributed by atoms with Gasteiger partial charge in [0.1, 0.15) is 6.61 Å². The Morgan fingerprint density at radius 2 is 2.20 bits per heavy atom. The summed E-state index contributed by atoms with van der Waals surface area (Å²) in [5.41, 5.74) is -0.497. The van der Waals surface area contributed by atoms with E-state index in [-0.39, 0.29) is 18.7 Å². The minimum Gasteiger partial charge on any atom is -0.502 e. The lowest BCUT2D eigenvalue weighted by molar-refractivity contribution is -0.385. The van der Waals surface area contributed by atoms with Gasteiger partial charge in [-0.3, -0.25) is 14.9 Å². The van der Waals surface area contributed by atoms with Crippen molar-refractivity contribution in [2.75, 3.05) is 19.8 Å². The van der Waals surface area contributed by atoms with Gasteiger partial charge >= 0.3 is 5.69 Å². The first-order valence-electron chi connectivity index (χ1n) is 5.53. The van der Waals surface area contributed by atoms with Crippen molar-refractivity contribution in [2.24, 2.45) is 0 Å². The molecule has 7 nitrogen and oxygen atoms in total. The number of hydrogen-bond donors (Lipinski definition) is 2. The molecule has 0 fully saturated rings. The number of halogens is 2. The number of carbonyl (C=O) groups excluding carboxylic acids is 1. The smallest absolute Gasteiger partial charge is 0.310 e. The topological polar surface area (TPSA) is 102 Å². The SMILES string of the molecule is O=C(NCCOCC(F)F)c1ccc([N+](=O)[O-])c(O)c1. The van der Waals surface area contributed by atoms with Crippen LogP contribution in [0.4, 0.5) is 14.5 Å². The van der Waals surface area contributed by atoms with Crippen LogP contribution in [0.1, 0.15) is 10.4 Å². The van der Waals surface area contributed by atoms with Crippen LogP contribution in [0, 0.1) is 10.1 Å². The molecule has 0 spiro atoms. The van der Waals surface area contributed by atoms with E-state index < -0.39 is 35.3 Å². The second-order valence-electron chi connectivity index (χ2n) is 3.68. The number of nitrogens with zero attached hydrogens (tertiary/aromatic N) is 1. The molecule has 1 rings (SSSR count). The van der Waals surface area contributed by atoms with Crippen molar-refractivity contribution in [3.8, 4) is 5.75 Å². The maximum Gasteiger partial charge on any atom is 0.310 e. The van der Waals surface area contributed by atoms with E-state index >= 15 is 0 Å². The highest BCUT2D eigenvalue weighted by Gasteiger charge is 2.15. The summed E-state index contributed by atoms with van der Waals surface area (Å²) >= 11 is 0. The van der Waals surface area contributed by atoms with Gasteiger partial charge < -0.3 is 15.2 Å². The number of amides is 1. The largest absolute Gasteiger partial charge is 0.502 e. The molecule has 1 aromatic rings. The molecule has 0 saturated carbocycles. The highest BCUT2D eigenvalue weighted by Crippen LogP contribution is 2.26. The van der Waals surface area contributed by atoms with E-state index in [2.05, 4.69) is 10.1 Å². The standard InChI is InChI=1S/C11H12F2N2O5/c12-10(13)6-20-4-3-14-11(17)7-1-2-8(15(18)19)9(16)5-7/h1-2,5,10,16H,3-4,6H2,(H,14,17). The van der Waals surface area contributed by atoms with E-state index in [0.717, 1.165) is 12.1 Å². The summed E-state index contributed by atoms with van der Waals surface area (Å²) < 4.78 is 28.0. The lowest BCUT2D eigenvalue weighted by atomic mass is 10.2. The minimum absolute atomic E-state index is 0.00328. The van der Waals surface area contributed by atoms with E-state index in [0.29, 0.717) is 0 Å². The molecule has 9 heteroatoms. The van der Waals surface area contributed by atoms with Crippen molar-refractivity contribution >= 4 is 11.6 Å². The van der Waals surface area contributed by atoms with Gasteiger partial charge in [-0.25, -0.2) is 8.78 Å². The highest BCUT2D eigenvalue weighted by atomic mass is 19.3. The van der Waals surface area contributed by atoms with Crippen molar-refractivity contribution in [2.45, 2.75) is 6.43 Å². The van der Waals surface area contributed by atoms with Gasteiger partial charge in [-0.15, -0.1) is 0 Å². The van der Waals surface area contributed by atoms with Gasteiger partial charge in [-0.2, -0.15) is 0 Å². The first kappa shape index (κ1) is 15.8. The fraction of sp³-hybridized carbons (Fsp3) is 0.364. The van der Waals surface area contributed by atoms with Crippen LogP contribution in [0.5, 0.6) is 5.75 Å². The zero-order valence-electron chi connectivity index (χ0n) is 10.2. The molecule has 0 aliphatic carbocycles. The predicted molar refractivity (Wildman–Crippen MR) is 63.9 cm³/mol. The Kier molecular flexibility index (Phi) is 5.78. The maximum absolute atomic E-state index is 11.7. The number of rotatable bonds is 7. The summed E-state index contributed by atoms with van der Waals surface area (Å²) in [5, 5.41) is 22.2. The number of ether oxygens (including phenoxy) is 1. The van der Waals surface area contributed by atoms with Gasteiger partial charge in [0.15, 0.2) is 5.75 Å². The van der Waals surface area contributed by atoms with Crippen LogP contribution in [0.15, 0.2) is 18.2 Å². The van der Waals surface area contributed by atoms with Gasteiger partial charge in [-0.1, -0.05) is 0 Å². The second-order valence-corrected chi connectivity index (χ2v) is 3.68. The van der Waals surface area contributed by atoms with Gasteiger partial charge in [0.25, 0.3) is 12.3 Å². The monoisotopic (exact) mass is 290 g/mol. The number of benzene rings is 1. The summed E-state index contributed by atoms with van der Waals surface area (Å²) in [6.07, 6.45) is -2.57. The minimum atomic E-state index is -2.57. The van der Waals surface area contributed by atoms with E-state index in [1.807, 2.05) is 0 Å². The molecule has 0 radical (unpaired) electrons. The third-order valence-corrected chi connectivity index (χ3v) is 2.21. The van der Waals surface area contributed by atoms with E-state index in [1.54, 1.807) is 0 Å². The molecule has 2 N–H and O–H groups in total. The van der Waals surface area contributed by atoms with Gasteiger partial charge in [0.05, 0.1) is 11.5 Å².